The van der Waals surface area contributed by atoms with Gasteiger partial charge in [0.2, 0.25) is 0 Å². The molecule has 0 bridgehead atoms. The fourth-order valence-electron chi connectivity index (χ4n) is 8.95. The van der Waals surface area contributed by atoms with Gasteiger partial charge >= 0.3 is 0 Å². The van der Waals surface area contributed by atoms with Crippen LogP contribution in [0.5, 0.6) is 0 Å². The number of hydrogen-bond acceptors (Lipinski definition) is 3. The van der Waals surface area contributed by atoms with Crippen LogP contribution in [0.3, 0.4) is 0 Å². The molecule has 0 saturated heterocycles. The molecule has 2 aromatic heterocycles. The quantitative estimate of drug-likeness (QED) is 0.170. The minimum absolute atomic E-state index is 0.0743. The molecule has 0 unspecified atom stereocenters. The first kappa shape index (κ1) is 33.9. The number of benzene rings is 8. The van der Waals surface area contributed by atoms with E-state index in [4.69, 9.17) is 14.4 Å². The molecule has 274 valence electrons. The second kappa shape index (κ2) is 13.4. The van der Waals surface area contributed by atoms with Crippen LogP contribution in [-0.2, 0) is 5.41 Å². The van der Waals surface area contributed by atoms with Crippen LogP contribution in [0.2, 0.25) is 0 Å². The lowest BCUT2D eigenvalue weighted by atomic mass is 9.82. The maximum atomic E-state index is 6.25. The van der Waals surface area contributed by atoms with E-state index in [2.05, 4.69) is 190 Å². The highest BCUT2D eigenvalue weighted by molar-refractivity contribution is 6.06. The Bertz CT molecular complexity index is 3190. The van der Waals surface area contributed by atoms with E-state index in [-0.39, 0.29) is 5.41 Å². The monoisotopic (exact) mass is 742 g/mol. The molecule has 10 aromatic rings. The fourth-order valence-corrected chi connectivity index (χ4v) is 8.95. The van der Waals surface area contributed by atoms with Gasteiger partial charge in [0.1, 0.15) is 11.2 Å². The summed E-state index contributed by atoms with van der Waals surface area (Å²) in [5.41, 5.74) is 18.6. The Kier molecular flexibility index (Phi) is 7.84. The van der Waals surface area contributed by atoms with Crippen molar-refractivity contribution in [2.45, 2.75) is 19.3 Å². The van der Waals surface area contributed by atoms with Gasteiger partial charge in [-0.15, -0.1) is 0 Å². The minimum atomic E-state index is -0.0743. The normalized spacial score (nSPS) is 12.8. The van der Waals surface area contributed by atoms with Crippen LogP contribution < -0.4 is 0 Å². The molecule has 0 radical (unpaired) electrons. The summed E-state index contributed by atoms with van der Waals surface area (Å²) in [5, 5.41) is 2.21. The van der Waals surface area contributed by atoms with Gasteiger partial charge < -0.3 is 4.42 Å². The Morgan fingerprint density at radius 1 is 0.345 bits per heavy atom. The molecule has 0 atom stereocenters. The van der Waals surface area contributed by atoms with Crippen LogP contribution in [0.15, 0.2) is 199 Å². The van der Waals surface area contributed by atoms with Crippen LogP contribution >= 0.6 is 0 Å². The lowest BCUT2D eigenvalue weighted by Crippen LogP contribution is -2.14. The molecule has 0 aliphatic heterocycles. The zero-order chi connectivity index (χ0) is 38.8. The summed E-state index contributed by atoms with van der Waals surface area (Å²) >= 11 is 0. The third-order valence-electron chi connectivity index (χ3n) is 11.9. The molecule has 0 saturated carbocycles. The number of aromatic nitrogens is 2. The molecule has 0 N–H and O–H groups in total. The maximum absolute atomic E-state index is 6.25. The zero-order valence-electron chi connectivity index (χ0n) is 32.3. The van der Waals surface area contributed by atoms with Crippen molar-refractivity contribution < 1.29 is 4.42 Å². The Labute approximate surface area is 338 Å². The van der Waals surface area contributed by atoms with Crippen LogP contribution in [0.1, 0.15) is 25.0 Å². The van der Waals surface area contributed by atoms with Gasteiger partial charge in [-0.1, -0.05) is 159 Å². The first-order chi connectivity index (χ1) is 28.5. The molecule has 3 heteroatoms. The molecule has 2 heterocycles. The highest BCUT2D eigenvalue weighted by Crippen LogP contribution is 2.49. The minimum Gasteiger partial charge on any atom is -0.456 e. The highest BCUT2D eigenvalue weighted by Gasteiger charge is 2.35. The molecule has 11 rings (SSSR count). The Morgan fingerprint density at radius 3 is 1.71 bits per heavy atom. The van der Waals surface area contributed by atoms with Crippen molar-refractivity contribution in [3.05, 3.63) is 205 Å². The van der Waals surface area contributed by atoms with Gasteiger partial charge in [-0.05, 0) is 104 Å². The van der Waals surface area contributed by atoms with Crippen LogP contribution in [0.4, 0.5) is 0 Å². The van der Waals surface area contributed by atoms with E-state index in [1.54, 1.807) is 0 Å². The molecule has 3 nitrogen and oxygen atoms in total. The van der Waals surface area contributed by atoms with Crippen molar-refractivity contribution >= 4 is 21.9 Å². The molecular formula is C55H38N2O. The van der Waals surface area contributed by atoms with E-state index in [0.717, 1.165) is 72.3 Å². The summed E-state index contributed by atoms with van der Waals surface area (Å²) in [6.07, 6.45) is 0. The van der Waals surface area contributed by atoms with Gasteiger partial charge in [0.25, 0.3) is 0 Å². The van der Waals surface area contributed by atoms with Crippen molar-refractivity contribution in [3.63, 3.8) is 0 Å². The van der Waals surface area contributed by atoms with Crippen molar-refractivity contribution in [3.8, 4) is 78.4 Å². The molecule has 58 heavy (non-hydrogen) atoms. The third-order valence-corrected chi connectivity index (χ3v) is 11.9. The van der Waals surface area contributed by atoms with Gasteiger partial charge in [-0.2, -0.15) is 0 Å². The van der Waals surface area contributed by atoms with Crippen LogP contribution in [0.25, 0.3) is 100 Å². The van der Waals surface area contributed by atoms with Gasteiger partial charge in [-0.25, -0.2) is 9.97 Å². The average molecular weight is 743 g/mol. The summed E-state index contributed by atoms with van der Waals surface area (Å²) in [5.74, 6) is 0.692. The van der Waals surface area contributed by atoms with E-state index in [1.807, 2.05) is 18.2 Å². The first-order valence-corrected chi connectivity index (χ1v) is 19.9. The van der Waals surface area contributed by atoms with E-state index < -0.39 is 0 Å². The molecule has 1 aliphatic rings. The number of hydrogen-bond donors (Lipinski definition) is 0. The number of fused-ring (bicyclic) bond motifs is 6. The van der Waals surface area contributed by atoms with Crippen LogP contribution in [-0.4, -0.2) is 9.97 Å². The summed E-state index contributed by atoms with van der Waals surface area (Å²) in [6, 6.07) is 69.1. The smallest absolute Gasteiger partial charge is 0.160 e. The highest BCUT2D eigenvalue weighted by atomic mass is 16.3. The predicted octanol–water partition coefficient (Wildman–Crippen LogP) is 14.7. The van der Waals surface area contributed by atoms with E-state index in [9.17, 15) is 0 Å². The zero-order valence-corrected chi connectivity index (χ0v) is 32.3. The fraction of sp³-hybridized carbons (Fsp3) is 0.0545. The number of para-hydroxylation sites is 1. The van der Waals surface area contributed by atoms with Crippen molar-refractivity contribution in [1.82, 2.24) is 9.97 Å². The van der Waals surface area contributed by atoms with Gasteiger partial charge in [0, 0.05) is 32.9 Å². The summed E-state index contributed by atoms with van der Waals surface area (Å²) in [4.78, 5) is 10.6. The summed E-state index contributed by atoms with van der Waals surface area (Å²) in [7, 11) is 0. The topological polar surface area (TPSA) is 38.9 Å². The molecule has 8 aromatic carbocycles. The molecule has 0 fully saturated rings. The molecule has 1 aliphatic carbocycles. The lowest BCUT2D eigenvalue weighted by Gasteiger charge is -2.21. The molecule has 0 amide bonds. The maximum Gasteiger partial charge on any atom is 0.160 e. The van der Waals surface area contributed by atoms with E-state index >= 15 is 0 Å². The second-order valence-corrected chi connectivity index (χ2v) is 15.8. The third kappa shape index (κ3) is 5.66. The SMILES string of the molecule is CC1(C)c2ccccc2-c2cc(-c3cc(-c4cc(-c5ccc6oc7ccccc7c6c5)cc(-c5ccccc5-c5ccccc5)c4)nc(-c4ccccc4)n3)ccc21. The van der Waals surface area contributed by atoms with E-state index in [1.165, 1.54) is 33.4 Å². The van der Waals surface area contributed by atoms with Crippen LogP contribution in [0, 0.1) is 0 Å². The van der Waals surface area contributed by atoms with Crippen molar-refractivity contribution in [1.29, 1.82) is 0 Å². The Hall–Kier alpha value is -7.36. The largest absolute Gasteiger partial charge is 0.456 e. The lowest BCUT2D eigenvalue weighted by molar-refractivity contribution is 0.660. The Morgan fingerprint density at radius 2 is 0.914 bits per heavy atom. The van der Waals surface area contributed by atoms with Crippen molar-refractivity contribution in [2.75, 3.05) is 0 Å². The van der Waals surface area contributed by atoms with Gasteiger partial charge in [0.05, 0.1) is 11.4 Å². The van der Waals surface area contributed by atoms with Crippen molar-refractivity contribution in [2.24, 2.45) is 0 Å². The summed E-state index contributed by atoms with van der Waals surface area (Å²) < 4.78 is 6.25. The standard InChI is InChI=1S/C55H38N2O/c1-55(2)48-23-13-11-21-44(48)46-33-38(25-27-49(46)55)50-34-51(57-54(56-50)36-17-7-4-8-18-36)41-30-39(37-26-28-53-47(32-37)45-22-12-14-24-52(45)58-53)29-40(31-41)43-20-10-9-19-42(43)35-15-5-3-6-16-35/h3-34H,1-2H3. The second-order valence-electron chi connectivity index (χ2n) is 15.8. The van der Waals surface area contributed by atoms with E-state index in [0.29, 0.717) is 5.82 Å². The summed E-state index contributed by atoms with van der Waals surface area (Å²) in [6.45, 7) is 4.64. The number of nitrogens with zero attached hydrogens (tertiary/aromatic N) is 2. The van der Waals surface area contributed by atoms with Gasteiger partial charge in [-0.3, -0.25) is 0 Å². The Balaban J connectivity index is 1.14. The van der Waals surface area contributed by atoms with Gasteiger partial charge in [0.15, 0.2) is 5.82 Å². The first-order valence-electron chi connectivity index (χ1n) is 19.9. The number of rotatable bonds is 6. The number of furan rings is 1. The molecule has 0 spiro atoms. The predicted molar refractivity (Wildman–Crippen MR) is 239 cm³/mol. The average Bonchev–Trinajstić information content (AvgIpc) is 3.77. The molecular weight excluding hydrogens is 705 g/mol.